The highest BCUT2D eigenvalue weighted by molar-refractivity contribution is 5.84. The number of likely N-dealkylation sites (tertiary alicyclic amines) is 1. The molecule has 0 atom stereocenters. The molecule has 1 aromatic heterocycles. The van der Waals surface area contributed by atoms with Gasteiger partial charge < -0.3 is 18.9 Å². The molecule has 0 radical (unpaired) electrons. The third kappa shape index (κ3) is 4.67. The van der Waals surface area contributed by atoms with Gasteiger partial charge in [0.1, 0.15) is 5.60 Å². The van der Waals surface area contributed by atoms with Crippen molar-refractivity contribution in [3.63, 3.8) is 0 Å². The van der Waals surface area contributed by atoms with Crippen LogP contribution in [-0.4, -0.2) is 52.4 Å². The Morgan fingerprint density at radius 3 is 2.52 bits per heavy atom. The summed E-state index contributed by atoms with van der Waals surface area (Å²) in [7, 11) is 0. The third-order valence-electron chi connectivity index (χ3n) is 3.40. The van der Waals surface area contributed by atoms with Gasteiger partial charge in [0.25, 0.3) is 5.82 Å². The number of nitrogens with zero attached hydrogens (tertiary/aromatic N) is 3. The number of esters is 1. The van der Waals surface area contributed by atoms with E-state index in [0.717, 1.165) is 0 Å². The Balaban J connectivity index is 1.89. The fourth-order valence-corrected chi connectivity index (χ4v) is 2.32. The zero-order chi connectivity index (χ0) is 17.0. The predicted octanol–water partition coefficient (Wildman–Crippen LogP) is 2.36. The normalized spacial score (nSPS) is 16.3. The second-order valence-electron chi connectivity index (χ2n) is 6.42. The fraction of sp³-hybridized carbons (Fsp3) is 0.733. The van der Waals surface area contributed by atoms with Crippen LogP contribution < -0.4 is 0 Å². The van der Waals surface area contributed by atoms with Crippen LogP contribution in [0.15, 0.2) is 4.52 Å². The lowest BCUT2D eigenvalue weighted by Gasteiger charge is -2.32. The Hall–Kier alpha value is -2.12. The van der Waals surface area contributed by atoms with Gasteiger partial charge in [0, 0.05) is 19.0 Å². The van der Waals surface area contributed by atoms with Gasteiger partial charge >= 0.3 is 12.1 Å². The van der Waals surface area contributed by atoms with Gasteiger partial charge in [-0.15, -0.1) is 0 Å². The molecule has 2 heterocycles. The van der Waals surface area contributed by atoms with Crippen LogP contribution >= 0.6 is 0 Å². The molecule has 0 spiro atoms. The molecule has 23 heavy (non-hydrogen) atoms. The van der Waals surface area contributed by atoms with E-state index in [1.54, 1.807) is 11.8 Å². The van der Waals surface area contributed by atoms with Crippen molar-refractivity contribution in [2.45, 2.75) is 52.1 Å². The van der Waals surface area contributed by atoms with Crippen molar-refractivity contribution in [2.24, 2.45) is 0 Å². The van der Waals surface area contributed by atoms with E-state index in [-0.39, 0.29) is 24.4 Å². The van der Waals surface area contributed by atoms with Crippen LogP contribution in [0.4, 0.5) is 4.79 Å². The summed E-state index contributed by atoms with van der Waals surface area (Å²) in [6.07, 6.45) is 1.06. The van der Waals surface area contributed by atoms with E-state index in [0.29, 0.717) is 31.8 Å². The summed E-state index contributed by atoms with van der Waals surface area (Å²) in [5.74, 6) is -0.202. The number of carbonyl (C=O) groups is 2. The number of rotatable bonds is 3. The summed E-state index contributed by atoms with van der Waals surface area (Å²) in [6.45, 7) is 8.60. The van der Waals surface area contributed by atoms with Crippen LogP contribution in [0.5, 0.6) is 0 Å². The molecule has 0 aromatic carbocycles. The van der Waals surface area contributed by atoms with Gasteiger partial charge in [-0.1, -0.05) is 0 Å². The third-order valence-corrected chi connectivity index (χ3v) is 3.40. The summed E-state index contributed by atoms with van der Waals surface area (Å²) in [6, 6.07) is 0. The summed E-state index contributed by atoms with van der Waals surface area (Å²) in [5.41, 5.74) is -0.505. The molecule has 0 bridgehead atoms. The number of hydrogen-bond donors (Lipinski definition) is 0. The maximum absolute atomic E-state index is 12.0. The predicted molar refractivity (Wildman–Crippen MR) is 80.0 cm³/mol. The highest BCUT2D eigenvalue weighted by Gasteiger charge is 2.30. The molecular formula is C15H23N3O5. The molecule has 2 rings (SSSR count). The lowest BCUT2D eigenvalue weighted by atomic mass is 9.97. The average molecular weight is 325 g/mol. The smallest absolute Gasteiger partial charge is 0.410 e. The molecule has 8 nitrogen and oxygen atoms in total. The second-order valence-corrected chi connectivity index (χ2v) is 6.42. The van der Waals surface area contributed by atoms with Gasteiger partial charge in [0.15, 0.2) is 0 Å². The van der Waals surface area contributed by atoms with Gasteiger partial charge in [-0.3, -0.25) is 0 Å². The maximum Gasteiger partial charge on any atom is 0.410 e. The molecule has 128 valence electrons. The number of hydrogen-bond acceptors (Lipinski definition) is 7. The van der Waals surface area contributed by atoms with E-state index >= 15 is 0 Å². The molecule has 1 aromatic rings. The van der Waals surface area contributed by atoms with Crippen LogP contribution in [-0.2, 0) is 9.47 Å². The lowest BCUT2D eigenvalue weighted by molar-refractivity contribution is 0.0197. The molecule has 8 heteroatoms. The van der Waals surface area contributed by atoms with Gasteiger partial charge in [-0.2, -0.15) is 4.98 Å². The Bertz CT molecular complexity index is 556. The van der Waals surface area contributed by atoms with Crippen molar-refractivity contribution >= 4 is 12.1 Å². The van der Waals surface area contributed by atoms with Crippen molar-refractivity contribution in [2.75, 3.05) is 19.7 Å². The molecule has 1 aliphatic rings. The van der Waals surface area contributed by atoms with E-state index in [1.165, 1.54) is 0 Å². The number of ether oxygens (including phenoxy) is 2. The van der Waals surface area contributed by atoms with Gasteiger partial charge in [-0.25, -0.2) is 9.59 Å². The minimum absolute atomic E-state index is 0.0318. The van der Waals surface area contributed by atoms with E-state index < -0.39 is 11.6 Å². The van der Waals surface area contributed by atoms with Crippen LogP contribution in [0, 0.1) is 0 Å². The van der Waals surface area contributed by atoms with Crippen molar-refractivity contribution in [3.05, 3.63) is 11.7 Å². The number of aromatic nitrogens is 2. The molecule has 0 saturated carbocycles. The van der Waals surface area contributed by atoms with Crippen LogP contribution in [0.25, 0.3) is 0 Å². The SMILES string of the molecule is CCOC(=O)c1noc(C2CCN(C(=O)OC(C)(C)C)CC2)n1. The van der Waals surface area contributed by atoms with E-state index in [4.69, 9.17) is 14.0 Å². The van der Waals surface area contributed by atoms with E-state index in [1.807, 2.05) is 20.8 Å². The molecule has 1 fully saturated rings. The first kappa shape index (κ1) is 17.2. The summed E-state index contributed by atoms with van der Waals surface area (Å²) in [5, 5.41) is 3.65. The number of piperidine rings is 1. The Morgan fingerprint density at radius 1 is 1.30 bits per heavy atom. The molecule has 1 aliphatic heterocycles. The van der Waals surface area contributed by atoms with Crippen molar-refractivity contribution in [1.82, 2.24) is 15.0 Å². The second kappa shape index (κ2) is 6.97. The summed E-state index contributed by atoms with van der Waals surface area (Å²) < 4.78 is 15.3. The van der Waals surface area contributed by atoms with Gasteiger partial charge in [-0.05, 0) is 45.7 Å². The van der Waals surface area contributed by atoms with Gasteiger partial charge in [0.2, 0.25) is 5.89 Å². The first-order valence-electron chi connectivity index (χ1n) is 7.79. The molecular weight excluding hydrogens is 302 g/mol. The summed E-state index contributed by atoms with van der Waals surface area (Å²) in [4.78, 5) is 29.3. The van der Waals surface area contributed by atoms with Crippen LogP contribution in [0.2, 0.25) is 0 Å². The summed E-state index contributed by atoms with van der Waals surface area (Å²) >= 11 is 0. The topological polar surface area (TPSA) is 94.8 Å². The highest BCUT2D eigenvalue weighted by Crippen LogP contribution is 2.27. The largest absolute Gasteiger partial charge is 0.460 e. The quantitative estimate of drug-likeness (QED) is 0.787. The standard InChI is InChI=1S/C15H23N3O5/c1-5-21-13(19)11-16-12(23-17-11)10-6-8-18(9-7-10)14(20)22-15(2,3)4/h10H,5-9H2,1-4H3. The first-order chi connectivity index (χ1) is 10.8. The van der Waals surface area contributed by atoms with Crippen molar-refractivity contribution < 1.29 is 23.6 Å². The highest BCUT2D eigenvalue weighted by atomic mass is 16.6. The van der Waals surface area contributed by atoms with E-state index in [2.05, 4.69) is 10.1 Å². The van der Waals surface area contributed by atoms with Crippen LogP contribution in [0.3, 0.4) is 0 Å². The average Bonchev–Trinajstić information content (AvgIpc) is 2.96. The van der Waals surface area contributed by atoms with Gasteiger partial charge in [0.05, 0.1) is 6.61 Å². The minimum atomic E-state index is -0.589. The lowest BCUT2D eigenvalue weighted by Crippen LogP contribution is -2.41. The molecule has 1 amide bonds. The molecule has 0 N–H and O–H groups in total. The maximum atomic E-state index is 12.0. The molecule has 0 unspecified atom stereocenters. The Labute approximate surface area is 135 Å². The van der Waals surface area contributed by atoms with Crippen LogP contribution in [0.1, 0.15) is 63.0 Å². The Morgan fingerprint density at radius 2 is 1.96 bits per heavy atom. The Kier molecular flexibility index (Phi) is 5.23. The van der Waals surface area contributed by atoms with Crippen molar-refractivity contribution in [1.29, 1.82) is 0 Å². The minimum Gasteiger partial charge on any atom is -0.460 e. The zero-order valence-corrected chi connectivity index (χ0v) is 14.0. The molecule has 0 aliphatic carbocycles. The van der Waals surface area contributed by atoms with E-state index in [9.17, 15) is 9.59 Å². The monoisotopic (exact) mass is 325 g/mol. The number of carbonyl (C=O) groups excluding carboxylic acids is 2. The fourth-order valence-electron chi connectivity index (χ4n) is 2.32. The molecule has 1 saturated heterocycles. The zero-order valence-electron chi connectivity index (χ0n) is 14.0. The first-order valence-corrected chi connectivity index (χ1v) is 7.79. The van der Waals surface area contributed by atoms with Crippen molar-refractivity contribution in [3.8, 4) is 0 Å². The number of amides is 1.